The van der Waals surface area contributed by atoms with E-state index in [1.165, 1.54) is 18.0 Å². The van der Waals surface area contributed by atoms with Crippen molar-refractivity contribution in [3.63, 3.8) is 0 Å². The summed E-state index contributed by atoms with van der Waals surface area (Å²) < 4.78 is 15.6. The molecule has 0 amide bonds. The maximum Gasteiger partial charge on any atom is 0.341 e. The van der Waals surface area contributed by atoms with Crippen LogP contribution in [0, 0.1) is 0 Å². The number of nitrogen functional groups attached to an aromatic ring is 1. The van der Waals surface area contributed by atoms with Gasteiger partial charge in [0.15, 0.2) is 0 Å². The first-order valence-electron chi connectivity index (χ1n) is 6.45. The summed E-state index contributed by atoms with van der Waals surface area (Å²) in [5, 5.41) is 0. The highest BCUT2D eigenvalue weighted by Gasteiger charge is 2.16. The van der Waals surface area contributed by atoms with Crippen LogP contribution >= 0.6 is 11.8 Å². The summed E-state index contributed by atoms with van der Waals surface area (Å²) in [6, 6.07) is 7.07. The van der Waals surface area contributed by atoms with Crippen LogP contribution in [0.3, 0.4) is 0 Å². The van der Waals surface area contributed by atoms with E-state index in [0.717, 1.165) is 4.90 Å². The van der Waals surface area contributed by atoms with Crippen molar-refractivity contribution in [1.82, 2.24) is 0 Å². The third-order valence-electron chi connectivity index (χ3n) is 2.79. The van der Waals surface area contributed by atoms with Crippen LogP contribution in [0.2, 0.25) is 0 Å². The maximum absolute atomic E-state index is 11.8. The second-order valence-corrected chi connectivity index (χ2v) is 5.19. The molecule has 0 bridgehead atoms. The fourth-order valence-electron chi connectivity index (χ4n) is 1.79. The zero-order valence-electron chi connectivity index (χ0n) is 11.9. The summed E-state index contributed by atoms with van der Waals surface area (Å²) in [5.74, 6) is 1.41. The SMILES string of the molecule is CCOC(=O)c1ccoc1CSc1ccc(N)cc1OC. The Morgan fingerprint density at radius 1 is 1.38 bits per heavy atom. The lowest BCUT2D eigenvalue weighted by molar-refractivity contribution is 0.0524. The van der Waals surface area contributed by atoms with Crippen molar-refractivity contribution >= 4 is 23.4 Å². The molecular formula is C15H17NO4S. The van der Waals surface area contributed by atoms with Gasteiger partial charge < -0.3 is 19.6 Å². The predicted molar refractivity (Wildman–Crippen MR) is 81.6 cm³/mol. The molecular weight excluding hydrogens is 290 g/mol. The zero-order chi connectivity index (χ0) is 15.2. The Bertz CT molecular complexity index is 624. The number of ether oxygens (including phenoxy) is 2. The molecule has 1 heterocycles. The van der Waals surface area contributed by atoms with E-state index in [9.17, 15) is 4.79 Å². The van der Waals surface area contributed by atoms with Crippen molar-refractivity contribution < 1.29 is 18.7 Å². The molecule has 0 aliphatic rings. The normalized spacial score (nSPS) is 10.4. The van der Waals surface area contributed by atoms with E-state index in [1.54, 1.807) is 32.2 Å². The van der Waals surface area contributed by atoms with E-state index in [2.05, 4.69) is 0 Å². The van der Waals surface area contributed by atoms with Crippen LogP contribution in [-0.4, -0.2) is 19.7 Å². The van der Waals surface area contributed by atoms with Crippen LogP contribution in [0.5, 0.6) is 5.75 Å². The van der Waals surface area contributed by atoms with Crippen molar-refractivity contribution in [3.8, 4) is 5.75 Å². The molecule has 2 aromatic rings. The number of rotatable bonds is 6. The van der Waals surface area contributed by atoms with Gasteiger partial charge in [-0.15, -0.1) is 11.8 Å². The summed E-state index contributed by atoms with van der Waals surface area (Å²) in [6.45, 7) is 2.11. The summed E-state index contributed by atoms with van der Waals surface area (Å²) in [5.41, 5.74) is 6.82. The molecule has 2 rings (SSSR count). The molecule has 21 heavy (non-hydrogen) atoms. The summed E-state index contributed by atoms with van der Waals surface area (Å²) in [7, 11) is 1.59. The van der Waals surface area contributed by atoms with Crippen LogP contribution in [0.1, 0.15) is 23.0 Å². The summed E-state index contributed by atoms with van der Waals surface area (Å²) in [4.78, 5) is 12.7. The lowest BCUT2D eigenvalue weighted by atomic mass is 10.3. The van der Waals surface area contributed by atoms with Gasteiger partial charge in [0.05, 0.1) is 25.7 Å². The van der Waals surface area contributed by atoms with Crippen LogP contribution < -0.4 is 10.5 Å². The minimum Gasteiger partial charge on any atom is -0.496 e. The van der Waals surface area contributed by atoms with E-state index >= 15 is 0 Å². The van der Waals surface area contributed by atoms with E-state index < -0.39 is 0 Å². The highest BCUT2D eigenvalue weighted by molar-refractivity contribution is 7.98. The fraction of sp³-hybridized carbons (Fsp3) is 0.267. The number of benzene rings is 1. The number of anilines is 1. The molecule has 0 atom stereocenters. The first-order valence-corrected chi connectivity index (χ1v) is 7.44. The second kappa shape index (κ2) is 7.08. The lowest BCUT2D eigenvalue weighted by Crippen LogP contribution is -2.05. The molecule has 0 saturated carbocycles. The number of furan rings is 1. The van der Waals surface area contributed by atoms with E-state index in [4.69, 9.17) is 19.6 Å². The third kappa shape index (κ3) is 3.72. The van der Waals surface area contributed by atoms with Crippen molar-refractivity contribution in [2.75, 3.05) is 19.5 Å². The van der Waals surface area contributed by atoms with Gasteiger partial charge in [-0.3, -0.25) is 0 Å². The molecule has 5 nitrogen and oxygen atoms in total. The number of methoxy groups -OCH3 is 1. The topological polar surface area (TPSA) is 74.7 Å². The maximum atomic E-state index is 11.8. The van der Waals surface area contributed by atoms with E-state index in [1.807, 2.05) is 6.07 Å². The highest BCUT2D eigenvalue weighted by atomic mass is 32.2. The van der Waals surface area contributed by atoms with Gasteiger partial charge in [-0.05, 0) is 25.1 Å². The smallest absolute Gasteiger partial charge is 0.341 e. The van der Waals surface area contributed by atoms with Crippen molar-refractivity contribution in [1.29, 1.82) is 0 Å². The first-order chi connectivity index (χ1) is 10.2. The first kappa shape index (κ1) is 15.3. The minimum absolute atomic E-state index is 0.336. The van der Waals surface area contributed by atoms with Gasteiger partial charge in [0.1, 0.15) is 17.1 Å². The Labute approximate surface area is 127 Å². The molecule has 112 valence electrons. The molecule has 0 aliphatic heterocycles. The van der Waals surface area contributed by atoms with Crippen LogP contribution in [0.25, 0.3) is 0 Å². The Hall–Kier alpha value is -2.08. The molecule has 0 saturated heterocycles. The number of nitrogens with two attached hydrogens (primary N) is 1. The second-order valence-electron chi connectivity index (χ2n) is 4.18. The number of carbonyl (C=O) groups excluding carboxylic acids is 1. The summed E-state index contributed by atoms with van der Waals surface area (Å²) >= 11 is 1.51. The Balaban J connectivity index is 2.10. The lowest BCUT2D eigenvalue weighted by Gasteiger charge is -2.08. The molecule has 1 aromatic carbocycles. The fourth-order valence-corrected chi connectivity index (χ4v) is 2.75. The Morgan fingerprint density at radius 3 is 2.90 bits per heavy atom. The zero-order valence-corrected chi connectivity index (χ0v) is 12.7. The monoisotopic (exact) mass is 307 g/mol. The van der Waals surface area contributed by atoms with Crippen molar-refractivity contribution in [2.24, 2.45) is 0 Å². The van der Waals surface area contributed by atoms with Gasteiger partial charge in [-0.1, -0.05) is 0 Å². The number of carbonyl (C=O) groups is 1. The number of hydrogen-bond acceptors (Lipinski definition) is 6. The molecule has 2 N–H and O–H groups in total. The molecule has 0 aliphatic carbocycles. The standard InChI is InChI=1S/C15H17NO4S/c1-3-19-15(17)11-6-7-20-13(11)9-21-14-5-4-10(16)8-12(14)18-2/h4-8H,3,9,16H2,1-2H3. The predicted octanol–water partition coefficient (Wildman–Crippen LogP) is 3.34. The molecule has 1 aromatic heterocycles. The molecule has 0 radical (unpaired) electrons. The van der Waals surface area contributed by atoms with Gasteiger partial charge >= 0.3 is 5.97 Å². The van der Waals surface area contributed by atoms with Crippen LogP contribution in [0.4, 0.5) is 5.69 Å². The molecule has 0 fully saturated rings. The van der Waals surface area contributed by atoms with Gasteiger partial charge in [0, 0.05) is 16.6 Å². The Kier molecular flexibility index (Phi) is 5.16. The quantitative estimate of drug-likeness (QED) is 0.501. The third-order valence-corrected chi connectivity index (χ3v) is 3.84. The number of esters is 1. The molecule has 0 unspecified atom stereocenters. The van der Waals surface area contributed by atoms with Crippen molar-refractivity contribution in [3.05, 3.63) is 41.9 Å². The van der Waals surface area contributed by atoms with Gasteiger partial charge in [0.2, 0.25) is 0 Å². The molecule has 6 heteroatoms. The average molecular weight is 307 g/mol. The van der Waals surface area contributed by atoms with Crippen LogP contribution in [0.15, 0.2) is 39.8 Å². The minimum atomic E-state index is -0.369. The van der Waals surface area contributed by atoms with E-state index in [-0.39, 0.29) is 5.97 Å². The van der Waals surface area contributed by atoms with Gasteiger partial charge in [-0.25, -0.2) is 4.79 Å². The van der Waals surface area contributed by atoms with Gasteiger partial charge in [0.25, 0.3) is 0 Å². The number of thioether (sulfide) groups is 1. The van der Waals surface area contributed by atoms with Crippen molar-refractivity contribution in [2.45, 2.75) is 17.6 Å². The van der Waals surface area contributed by atoms with Gasteiger partial charge in [-0.2, -0.15) is 0 Å². The largest absolute Gasteiger partial charge is 0.496 e. The average Bonchev–Trinajstić information content (AvgIpc) is 2.94. The summed E-state index contributed by atoms with van der Waals surface area (Å²) in [6.07, 6.45) is 1.49. The van der Waals surface area contributed by atoms with Crippen LogP contribution in [-0.2, 0) is 10.5 Å². The highest BCUT2D eigenvalue weighted by Crippen LogP contribution is 2.33. The van der Waals surface area contributed by atoms with E-state index in [0.29, 0.717) is 35.1 Å². The molecule has 0 spiro atoms. The number of hydrogen-bond donors (Lipinski definition) is 1. The Morgan fingerprint density at radius 2 is 2.19 bits per heavy atom.